The molecule has 0 spiro atoms. The fourth-order valence-electron chi connectivity index (χ4n) is 2.74. The van der Waals surface area contributed by atoms with Crippen molar-refractivity contribution < 1.29 is 4.74 Å². The first-order valence-corrected chi connectivity index (χ1v) is 5.47. The molecule has 0 amide bonds. The van der Waals surface area contributed by atoms with E-state index in [0.29, 0.717) is 0 Å². The van der Waals surface area contributed by atoms with E-state index in [4.69, 9.17) is 4.74 Å². The highest BCUT2D eigenvalue weighted by molar-refractivity contribution is 5.46. The SMILES string of the molecule is [13CH3]NC12CC=CCC1Oc1ccccc12. The van der Waals surface area contributed by atoms with Crippen LogP contribution in [0.15, 0.2) is 36.4 Å². The van der Waals surface area contributed by atoms with Gasteiger partial charge in [0, 0.05) is 12.0 Å². The van der Waals surface area contributed by atoms with Crippen LogP contribution in [0.25, 0.3) is 0 Å². The second-order valence-corrected chi connectivity index (χ2v) is 4.24. The first-order valence-electron chi connectivity index (χ1n) is 5.47. The van der Waals surface area contributed by atoms with Crippen molar-refractivity contribution in [2.24, 2.45) is 0 Å². The second kappa shape index (κ2) is 3.11. The quantitative estimate of drug-likeness (QED) is 0.557. The van der Waals surface area contributed by atoms with Gasteiger partial charge < -0.3 is 10.1 Å². The van der Waals surface area contributed by atoms with Crippen LogP contribution in [0.5, 0.6) is 5.75 Å². The van der Waals surface area contributed by atoms with Gasteiger partial charge in [0.2, 0.25) is 0 Å². The summed E-state index contributed by atoms with van der Waals surface area (Å²) >= 11 is 0. The largest absolute Gasteiger partial charge is 0.487 e. The Hall–Kier alpha value is -1.28. The van der Waals surface area contributed by atoms with Gasteiger partial charge in [-0.1, -0.05) is 30.4 Å². The lowest BCUT2D eigenvalue weighted by Crippen LogP contribution is -2.49. The first kappa shape index (κ1) is 8.98. The molecule has 1 aliphatic heterocycles. The van der Waals surface area contributed by atoms with E-state index in [2.05, 4.69) is 35.7 Å². The summed E-state index contributed by atoms with van der Waals surface area (Å²) in [6, 6.07) is 8.35. The van der Waals surface area contributed by atoms with Crippen LogP contribution in [-0.4, -0.2) is 13.2 Å². The highest BCUT2D eigenvalue weighted by atomic mass is 16.5. The number of benzene rings is 1. The lowest BCUT2D eigenvalue weighted by molar-refractivity contribution is 0.122. The standard InChI is InChI=1S/C13H15NO/c1-14-13-9-5-4-8-12(13)15-11-7-3-2-6-10(11)13/h2-7,12,14H,8-9H2,1H3/i1+1. The Morgan fingerprint density at radius 3 is 3.07 bits per heavy atom. The number of hydrogen-bond donors (Lipinski definition) is 1. The maximum atomic E-state index is 5.99. The average molecular weight is 202 g/mol. The van der Waals surface area contributed by atoms with E-state index in [1.54, 1.807) is 0 Å². The molecule has 2 heteroatoms. The molecule has 0 saturated carbocycles. The molecule has 2 unspecified atom stereocenters. The Morgan fingerprint density at radius 2 is 2.20 bits per heavy atom. The summed E-state index contributed by atoms with van der Waals surface area (Å²) in [5, 5.41) is 3.46. The second-order valence-electron chi connectivity index (χ2n) is 4.24. The molecule has 2 aliphatic rings. The van der Waals surface area contributed by atoms with Crippen LogP contribution in [0.4, 0.5) is 0 Å². The number of rotatable bonds is 1. The fraction of sp³-hybridized carbons (Fsp3) is 0.385. The summed E-state index contributed by atoms with van der Waals surface area (Å²) in [6.07, 6.45) is 6.73. The maximum absolute atomic E-state index is 5.99. The van der Waals surface area contributed by atoms with Gasteiger partial charge in [0.25, 0.3) is 0 Å². The number of ether oxygens (including phenoxy) is 1. The third-order valence-electron chi connectivity index (χ3n) is 3.59. The van der Waals surface area contributed by atoms with Gasteiger partial charge in [-0.3, -0.25) is 0 Å². The molecule has 0 aromatic heterocycles. The van der Waals surface area contributed by atoms with Crippen LogP contribution in [0, 0.1) is 0 Å². The molecular weight excluding hydrogens is 187 g/mol. The Morgan fingerprint density at radius 1 is 1.33 bits per heavy atom. The monoisotopic (exact) mass is 202 g/mol. The third kappa shape index (κ3) is 1.08. The van der Waals surface area contributed by atoms with E-state index in [1.165, 1.54) is 5.56 Å². The number of nitrogens with one attached hydrogen (secondary N) is 1. The molecule has 0 saturated heterocycles. The molecule has 15 heavy (non-hydrogen) atoms. The molecular formula is C13H15NO. The van der Waals surface area contributed by atoms with Crippen LogP contribution < -0.4 is 10.1 Å². The van der Waals surface area contributed by atoms with E-state index in [1.807, 2.05) is 13.1 Å². The van der Waals surface area contributed by atoms with E-state index < -0.39 is 0 Å². The Labute approximate surface area is 89.9 Å². The summed E-state index contributed by atoms with van der Waals surface area (Å²) in [4.78, 5) is 0. The van der Waals surface area contributed by atoms with Gasteiger partial charge in [0.1, 0.15) is 11.9 Å². The van der Waals surface area contributed by atoms with Crippen molar-refractivity contribution in [3.8, 4) is 5.75 Å². The van der Waals surface area contributed by atoms with E-state index in [9.17, 15) is 0 Å². The fourth-order valence-corrected chi connectivity index (χ4v) is 2.74. The Bertz CT molecular complexity index is 413. The van der Waals surface area contributed by atoms with Crippen molar-refractivity contribution in [1.29, 1.82) is 0 Å². The molecule has 0 radical (unpaired) electrons. The smallest absolute Gasteiger partial charge is 0.125 e. The summed E-state index contributed by atoms with van der Waals surface area (Å²) in [5.74, 6) is 1.04. The highest BCUT2D eigenvalue weighted by Gasteiger charge is 2.47. The van der Waals surface area contributed by atoms with Crippen molar-refractivity contribution in [2.75, 3.05) is 7.05 Å². The van der Waals surface area contributed by atoms with Gasteiger partial charge in [-0.25, -0.2) is 0 Å². The van der Waals surface area contributed by atoms with Gasteiger partial charge in [0.15, 0.2) is 0 Å². The van der Waals surface area contributed by atoms with Gasteiger partial charge in [-0.2, -0.15) is 0 Å². The molecule has 1 aliphatic carbocycles. The maximum Gasteiger partial charge on any atom is 0.125 e. The summed E-state index contributed by atoms with van der Waals surface area (Å²) in [7, 11) is 2.03. The summed E-state index contributed by atoms with van der Waals surface area (Å²) in [6.45, 7) is 0. The Kier molecular flexibility index (Phi) is 1.86. The molecule has 1 N–H and O–H groups in total. The zero-order valence-corrected chi connectivity index (χ0v) is 8.86. The summed E-state index contributed by atoms with van der Waals surface area (Å²) in [5.41, 5.74) is 1.31. The zero-order chi connectivity index (χ0) is 10.3. The van der Waals surface area contributed by atoms with Crippen molar-refractivity contribution >= 4 is 0 Å². The summed E-state index contributed by atoms with van der Waals surface area (Å²) < 4.78 is 5.99. The number of fused-ring (bicyclic) bond motifs is 3. The van der Waals surface area contributed by atoms with E-state index in [-0.39, 0.29) is 11.6 Å². The first-order chi connectivity index (χ1) is 7.37. The van der Waals surface area contributed by atoms with Gasteiger partial charge in [-0.05, 0) is 19.5 Å². The van der Waals surface area contributed by atoms with Gasteiger partial charge >= 0.3 is 0 Å². The number of likely N-dealkylation sites (N-methyl/N-ethyl adjacent to an activating group) is 1. The van der Waals surface area contributed by atoms with E-state index in [0.717, 1.165) is 18.6 Å². The van der Waals surface area contributed by atoms with Crippen molar-refractivity contribution in [3.05, 3.63) is 42.0 Å². The molecule has 3 rings (SSSR count). The van der Waals surface area contributed by atoms with Crippen molar-refractivity contribution in [3.63, 3.8) is 0 Å². The minimum absolute atomic E-state index is 0.00530. The van der Waals surface area contributed by atoms with E-state index >= 15 is 0 Å². The van der Waals surface area contributed by atoms with Crippen LogP contribution in [-0.2, 0) is 5.54 Å². The van der Waals surface area contributed by atoms with Crippen LogP contribution in [0.1, 0.15) is 18.4 Å². The highest BCUT2D eigenvalue weighted by Crippen LogP contribution is 2.46. The average Bonchev–Trinajstić information content (AvgIpc) is 2.64. The molecule has 2 nitrogen and oxygen atoms in total. The molecule has 1 aromatic carbocycles. The molecule has 2 atom stereocenters. The zero-order valence-electron chi connectivity index (χ0n) is 8.86. The molecule has 0 bridgehead atoms. The number of para-hydroxylation sites is 1. The molecule has 78 valence electrons. The lowest BCUT2D eigenvalue weighted by Gasteiger charge is -2.35. The number of hydrogen-bond acceptors (Lipinski definition) is 2. The Balaban J connectivity index is 2.15. The van der Waals surface area contributed by atoms with Crippen LogP contribution in [0.2, 0.25) is 0 Å². The van der Waals surface area contributed by atoms with Crippen molar-refractivity contribution in [2.45, 2.75) is 24.5 Å². The predicted molar refractivity (Wildman–Crippen MR) is 60.0 cm³/mol. The van der Waals surface area contributed by atoms with Crippen molar-refractivity contribution in [1.82, 2.24) is 5.32 Å². The topological polar surface area (TPSA) is 21.3 Å². The van der Waals surface area contributed by atoms with Crippen LogP contribution >= 0.6 is 0 Å². The minimum atomic E-state index is 0.00530. The third-order valence-corrected chi connectivity index (χ3v) is 3.59. The van der Waals surface area contributed by atoms with Crippen LogP contribution in [0.3, 0.4) is 0 Å². The molecule has 1 heterocycles. The minimum Gasteiger partial charge on any atom is -0.487 e. The predicted octanol–water partition coefficient (Wildman–Crippen LogP) is 2.21. The molecule has 1 aromatic rings. The van der Waals surface area contributed by atoms with Gasteiger partial charge in [-0.15, -0.1) is 0 Å². The molecule has 0 fully saturated rings. The normalized spacial score (nSPS) is 31.9. The lowest BCUT2D eigenvalue weighted by atomic mass is 9.79. The van der Waals surface area contributed by atoms with Gasteiger partial charge in [0.05, 0.1) is 5.54 Å².